The summed E-state index contributed by atoms with van der Waals surface area (Å²) in [5, 5.41) is 5.58. The van der Waals surface area contributed by atoms with Crippen LogP contribution in [0.25, 0.3) is 6.08 Å². The van der Waals surface area contributed by atoms with Gasteiger partial charge in [-0.15, -0.1) is 0 Å². The van der Waals surface area contributed by atoms with Crippen molar-refractivity contribution in [3.63, 3.8) is 0 Å². The van der Waals surface area contributed by atoms with Crippen LogP contribution >= 0.6 is 0 Å². The molecule has 0 saturated heterocycles. The summed E-state index contributed by atoms with van der Waals surface area (Å²) in [5.41, 5.74) is 0.360. The Morgan fingerprint density at radius 3 is 2.28 bits per heavy atom. The van der Waals surface area contributed by atoms with Gasteiger partial charge in [-0.05, 0) is 72.1 Å². The lowest BCUT2D eigenvalue weighted by molar-refractivity contribution is -0.142. The van der Waals surface area contributed by atoms with Crippen molar-refractivity contribution in [3.8, 4) is 0 Å². The Hall–Kier alpha value is -2.83. The van der Waals surface area contributed by atoms with E-state index in [-0.39, 0.29) is 11.8 Å². The largest absolute Gasteiger partial charge is 0.444 e. The third-order valence-electron chi connectivity index (χ3n) is 4.37. The maximum atomic E-state index is 13.4. The van der Waals surface area contributed by atoms with Crippen molar-refractivity contribution < 1.29 is 19.1 Å². The average Bonchev–Trinajstić information content (AvgIpc) is 2.64. The Morgan fingerprint density at radius 1 is 1.16 bits per heavy atom. The van der Waals surface area contributed by atoms with Gasteiger partial charge in [0.1, 0.15) is 17.7 Å². The van der Waals surface area contributed by atoms with Crippen LogP contribution in [0, 0.1) is 0 Å². The fraction of sp³-hybridized carbons (Fsp3) is 0.560. The van der Waals surface area contributed by atoms with Gasteiger partial charge in [-0.2, -0.15) is 0 Å². The maximum Gasteiger partial charge on any atom is 0.408 e. The number of ether oxygens (including phenoxy) is 1. The number of hydrogen-bond donors (Lipinski definition) is 2. The zero-order valence-electron chi connectivity index (χ0n) is 20.7. The van der Waals surface area contributed by atoms with Crippen LogP contribution in [0.2, 0.25) is 0 Å². The maximum absolute atomic E-state index is 13.4. The van der Waals surface area contributed by atoms with Gasteiger partial charge in [0, 0.05) is 12.1 Å². The molecule has 1 rings (SSSR count). The first-order valence-electron chi connectivity index (χ1n) is 11.0. The number of benzene rings is 1. The summed E-state index contributed by atoms with van der Waals surface area (Å²) in [4.78, 5) is 40.5. The summed E-state index contributed by atoms with van der Waals surface area (Å²) in [5.74, 6) is -0.652. The Kier molecular flexibility index (Phi) is 9.49. The molecule has 3 amide bonds. The van der Waals surface area contributed by atoms with Crippen LogP contribution in [0.3, 0.4) is 0 Å². The number of nitrogens with one attached hydrogen (secondary N) is 2. The molecule has 0 bridgehead atoms. The minimum atomic E-state index is -0.871. The highest BCUT2D eigenvalue weighted by Crippen LogP contribution is 2.25. The molecule has 0 fully saturated rings. The molecule has 32 heavy (non-hydrogen) atoms. The summed E-state index contributed by atoms with van der Waals surface area (Å²) < 4.78 is 5.28. The van der Waals surface area contributed by atoms with E-state index in [1.54, 1.807) is 33.8 Å². The van der Waals surface area contributed by atoms with Crippen LogP contribution in [0.15, 0.2) is 30.8 Å². The van der Waals surface area contributed by atoms with Gasteiger partial charge >= 0.3 is 6.09 Å². The molecule has 0 aliphatic rings. The predicted octanol–water partition coefficient (Wildman–Crippen LogP) is 4.44. The number of alkyl carbamates (subject to hydrolysis) is 1. The number of carbonyl (C=O) groups excluding carboxylic acids is 3. The Balaban J connectivity index is 3.33. The Morgan fingerprint density at radius 2 is 1.78 bits per heavy atom. The zero-order chi connectivity index (χ0) is 24.7. The molecule has 2 unspecified atom stereocenters. The highest BCUT2D eigenvalue weighted by molar-refractivity contribution is 5.92. The van der Waals surface area contributed by atoms with Crippen molar-refractivity contribution in [1.82, 2.24) is 15.5 Å². The van der Waals surface area contributed by atoms with Gasteiger partial charge in [-0.25, -0.2) is 4.79 Å². The number of amides is 3. The molecule has 1 aromatic rings. The normalized spacial score (nSPS) is 13.5. The van der Waals surface area contributed by atoms with E-state index in [1.807, 2.05) is 52.0 Å². The quantitative estimate of drug-likeness (QED) is 0.619. The second-order valence-corrected chi connectivity index (χ2v) is 9.92. The van der Waals surface area contributed by atoms with E-state index >= 15 is 0 Å². The predicted molar refractivity (Wildman–Crippen MR) is 128 cm³/mol. The van der Waals surface area contributed by atoms with Crippen molar-refractivity contribution in [3.05, 3.63) is 42.0 Å². The van der Waals surface area contributed by atoms with E-state index in [2.05, 4.69) is 17.2 Å². The molecular formula is C25H39N3O4. The van der Waals surface area contributed by atoms with Crippen LogP contribution in [0.4, 0.5) is 4.79 Å². The van der Waals surface area contributed by atoms with Crippen LogP contribution in [0.5, 0.6) is 0 Å². The molecule has 0 aliphatic carbocycles. The number of hydrogen-bond acceptors (Lipinski definition) is 4. The van der Waals surface area contributed by atoms with E-state index in [9.17, 15) is 14.4 Å². The van der Waals surface area contributed by atoms with Gasteiger partial charge in [0.05, 0.1) is 0 Å². The van der Waals surface area contributed by atoms with Crippen molar-refractivity contribution >= 4 is 24.0 Å². The monoisotopic (exact) mass is 445 g/mol. The first kappa shape index (κ1) is 27.2. The van der Waals surface area contributed by atoms with Gasteiger partial charge in [0.25, 0.3) is 0 Å². The smallest absolute Gasteiger partial charge is 0.408 e. The molecule has 0 spiro atoms. The molecule has 0 aliphatic heterocycles. The summed E-state index contributed by atoms with van der Waals surface area (Å²) in [6.45, 7) is 18.6. The number of nitrogens with zero attached hydrogens (tertiary/aromatic N) is 1. The first-order valence-corrected chi connectivity index (χ1v) is 11.0. The van der Waals surface area contributed by atoms with Gasteiger partial charge in [0.2, 0.25) is 11.8 Å². The fourth-order valence-corrected chi connectivity index (χ4v) is 3.17. The van der Waals surface area contributed by atoms with Crippen molar-refractivity contribution in [2.24, 2.45) is 0 Å². The zero-order valence-corrected chi connectivity index (χ0v) is 20.7. The molecule has 7 nitrogen and oxygen atoms in total. The second-order valence-electron chi connectivity index (χ2n) is 9.92. The SMILES string of the molecule is C=Cc1cccc(C(C(=O)NC(C)(C)C)N(CCC)C(=O)C(C)NC(=O)OC(C)(C)C)c1. The minimum absolute atomic E-state index is 0.287. The topological polar surface area (TPSA) is 87.7 Å². The number of rotatable bonds is 8. The highest BCUT2D eigenvalue weighted by Gasteiger charge is 2.35. The molecule has 178 valence electrons. The van der Waals surface area contributed by atoms with Crippen LogP contribution in [0.1, 0.15) is 79.0 Å². The van der Waals surface area contributed by atoms with E-state index in [1.165, 1.54) is 4.90 Å². The Bertz CT molecular complexity index is 821. The van der Waals surface area contributed by atoms with Crippen LogP contribution < -0.4 is 10.6 Å². The molecular weight excluding hydrogens is 406 g/mol. The fourth-order valence-electron chi connectivity index (χ4n) is 3.17. The van der Waals surface area contributed by atoms with E-state index in [0.29, 0.717) is 18.5 Å². The van der Waals surface area contributed by atoms with Crippen molar-refractivity contribution in [2.75, 3.05) is 6.54 Å². The molecule has 2 atom stereocenters. The Labute approximate surface area is 192 Å². The standard InChI is InChI=1S/C25H39N3O4/c1-10-15-28(22(30)17(3)26-23(31)32-25(7,8)9)20(21(29)27-24(4,5)6)19-14-12-13-18(11-2)16-19/h11-14,16-17,20H,2,10,15H2,1,3-9H3,(H,26,31)(H,27,29). The van der Waals surface area contributed by atoms with Crippen LogP contribution in [-0.2, 0) is 14.3 Å². The van der Waals surface area contributed by atoms with E-state index < -0.39 is 29.3 Å². The molecule has 1 aromatic carbocycles. The number of carbonyl (C=O) groups is 3. The van der Waals surface area contributed by atoms with Crippen molar-refractivity contribution in [2.45, 2.75) is 85.0 Å². The van der Waals surface area contributed by atoms with E-state index in [0.717, 1.165) is 5.56 Å². The highest BCUT2D eigenvalue weighted by atomic mass is 16.6. The third kappa shape index (κ3) is 8.73. The average molecular weight is 446 g/mol. The van der Waals surface area contributed by atoms with Gasteiger partial charge in [-0.1, -0.05) is 37.8 Å². The summed E-state index contributed by atoms with van der Waals surface area (Å²) in [6, 6.07) is 5.66. The van der Waals surface area contributed by atoms with Gasteiger partial charge in [-0.3, -0.25) is 9.59 Å². The lowest BCUT2D eigenvalue weighted by Crippen LogP contribution is -2.54. The van der Waals surface area contributed by atoms with E-state index in [4.69, 9.17) is 4.74 Å². The lowest BCUT2D eigenvalue weighted by atomic mass is 9.99. The van der Waals surface area contributed by atoms with Gasteiger partial charge < -0.3 is 20.3 Å². The first-order chi connectivity index (χ1) is 14.7. The molecule has 7 heteroatoms. The summed E-state index contributed by atoms with van der Waals surface area (Å²) >= 11 is 0. The molecule has 0 saturated carbocycles. The molecule has 2 N–H and O–H groups in total. The van der Waals surface area contributed by atoms with Crippen LogP contribution in [-0.4, -0.2) is 46.5 Å². The van der Waals surface area contributed by atoms with Crippen molar-refractivity contribution in [1.29, 1.82) is 0 Å². The summed E-state index contributed by atoms with van der Waals surface area (Å²) in [7, 11) is 0. The lowest BCUT2D eigenvalue weighted by Gasteiger charge is -2.35. The third-order valence-corrected chi connectivity index (χ3v) is 4.37. The summed E-state index contributed by atoms with van der Waals surface area (Å²) in [6.07, 6.45) is 1.66. The molecule has 0 heterocycles. The minimum Gasteiger partial charge on any atom is -0.444 e. The molecule has 0 aromatic heterocycles. The van der Waals surface area contributed by atoms with Gasteiger partial charge in [0.15, 0.2) is 0 Å². The second kappa shape index (κ2) is 11.2. The molecule has 0 radical (unpaired) electrons.